The molecule has 0 radical (unpaired) electrons. The molecule has 2 heterocycles. The summed E-state index contributed by atoms with van der Waals surface area (Å²) in [5, 5.41) is 6.69. The van der Waals surface area contributed by atoms with Crippen LogP contribution in [0.2, 0.25) is 0 Å². The summed E-state index contributed by atoms with van der Waals surface area (Å²) in [6.45, 7) is 8.51. The summed E-state index contributed by atoms with van der Waals surface area (Å²) >= 11 is 0. The van der Waals surface area contributed by atoms with Crippen LogP contribution in [0.4, 0.5) is 0 Å². The van der Waals surface area contributed by atoms with Crippen LogP contribution in [-0.2, 0) is 16.0 Å². The van der Waals surface area contributed by atoms with Gasteiger partial charge in [0.2, 0.25) is 11.8 Å². The standard InChI is InChI=1S/C20H32N4O2/c1-14(2)17-5-4-6-18(17)20(26)24-10-9-23(13-15(24)3)19(25)8-7-16-11-21-22-12-16/h11-12,14-15,17-18H,4-10,13H2,1-3H3,(H,21,22)/t15-,17-,18+/m0/s1. The summed E-state index contributed by atoms with van der Waals surface area (Å²) in [4.78, 5) is 29.6. The summed E-state index contributed by atoms with van der Waals surface area (Å²) in [7, 11) is 0. The van der Waals surface area contributed by atoms with Crippen molar-refractivity contribution in [2.75, 3.05) is 19.6 Å². The Bertz CT molecular complexity index is 613. The molecule has 6 heteroatoms. The number of hydrogen-bond acceptors (Lipinski definition) is 3. The van der Waals surface area contributed by atoms with E-state index >= 15 is 0 Å². The molecule has 26 heavy (non-hydrogen) atoms. The van der Waals surface area contributed by atoms with Crippen LogP contribution >= 0.6 is 0 Å². The minimum atomic E-state index is 0.0996. The van der Waals surface area contributed by atoms with Crippen LogP contribution in [0.15, 0.2) is 12.4 Å². The van der Waals surface area contributed by atoms with Crippen molar-refractivity contribution in [3.8, 4) is 0 Å². The summed E-state index contributed by atoms with van der Waals surface area (Å²) in [6, 6.07) is 0.0996. The van der Waals surface area contributed by atoms with E-state index in [9.17, 15) is 9.59 Å². The molecule has 0 aromatic carbocycles. The van der Waals surface area contributed by atoms with Gasteiger partial charge in [-0.3, -0.25) is 14.7 Å². The van der Waals surface area contributed by atoms with Gasteiger partial charge in [-0.25, -0.2) is 0 Å². The van der Waals surface area contributed by atoms with E-state index in [1.54, 1.807) is 6.20 Å². The summed E-state index contributed by atoms with van der Waals surface area (Å²) in [5.41, 5.74) is 1.06. The molecular formula is C20H32N4O2. The largest absolute Gasteiger partial charge is 0.339 e. The molecule has 0 spiro atoms. The second-order valence-corrected chi connectivity index (χ2v) is 8.27. The molecule has 3 atom stereocenters. The highest BCUT2D eigenvalue weighted by Crippen LogP contribution is 2.38. The average molecular weight is 361 g/mol. The minimum Gasteiger partial charge on any atom is -0.339 e. The third-order valence-corrected chi connectivity index (χ3v) is 6.19. The summed E-state index contributed by atoms with van der Waals surface area (Å²) < 4.78 is 0. The maximum Gasteiger partial charge on any atom is 0.226 e. The van der Waals surface area contributed by atoms with Crippen LogP contribution in [-0.4, -0.2) is 57.5 Å². The lowest BCUT2D eigenvalue weighted by molar-refractivity contribution is -0.146. The molecule has 1 aliphatic heterocycles. The van der Waals surface area contributed by atoms with Crippen molar-refractivity contribution < 1.29 is 9.59 Å². The van der Waals surface area contributed by atoms with Crippen LogP contribution in [0.3, 0.4) is 0 Å². The number of H-pyrrole nitrogens is 1. The second-order valence-electron chi connectivity index (χ2n) is 8.27. The Morgan fingerprint density at radius 1 is 1.31 bits per heavy atom. The minimum absolute atomic E-state index is 0.0996. The van der Waals surface area contributed by atoms with E-state index in [-0.39, 0.29) is 17.9 Å². The Kier molecular flexibility index (Phi) is 5.99. The van der Waals surface area contributed by atoms with Crippen molar-refractivity contribution >= 4 is 11.8 Å². The van der Waals surface area contributed by atoms with Gasteiger partial charge in [0, 0.05) is 44.2 Å². The van der Waals surface area contributed by atoms with Gasteiger partial charge in [0.25, 0.3) is 0 Å². The lowest BCUT2D eigenvalue weighted by atomic mass is 9.85. The van der Waals surface area contributed by atoms with E-state index < -0.39 is 0 Å². The monoisotopic (exact) mass is 360 g/mol. The number of aromatic amines is 1. The molecule has 6 nitrogen and oxygen atoms in total. The number of amides is 2. The normalized spacial score (nSPS) is 26.5. The first kappa shape index (κ1) is 18.9. The molecule has 1 N–H and O–H groups in total. The summed E-state index contributed by atoms with van der Waals surface area (Å²) in [6.07, 6.45) is 8.17. The quantitative estimate of drug-likeness (QED) is 0.877. The van der Waals surface area contributed by atoms with Crippen LogP contribution in [0.25, 0.3) is 0 Å². The fourth-order valence-corrected chi connectivity index (χ4v) is 4.64. The van der Waals surface area contributed by atoms with E-state index in [4.69, 9.17) is 0 Å². The molecule has 2 fully saturated rings. The second kappa shape index (κ2) is 8.23. The lowest BCUT2D eigenvalue weighted by Crippen LogP contribution is -2.57. The topological polar surface area (TPSA) is 69.3 Å². The number of carbonyl (C=O) groups is 2. The number of piperazine rings is 1. The van der Waals surface area contributed by atoms with Crippen molar-refractivity contribution in [2.24, 2.45) is 17.8 Å². The van der Waals surface area contributed by atoms with Gasteiger partial charge in [-0.2, -0.15) is 5.10 Å². The third-order valence-electron chi connectivity index (χ3n) is 6.19. The highest BCUT2D eigenvalue weighted by Gasteiger charge is 2.39. The van der Waals surface area contributed by atoms with E-state index in [1.165, 1.54) is 12.8 Å². The molecule has 144 valence electrons. The zero-order chi connectivity index (χ0) is 18.7. The maximum atomic E-state index is 13.1. The first-order chi connectivity index (χ1) is 12.5. The highest BCUT2D eigenvalue weighted by atomic mass is 16.2. The van der Waals surface area contributed by atoms with Gasteiger partial charge in [0.05, 0.1) is 6.20 Å². The van der Waals surface area contributed by atoms with Crippen LogP contribution in [0, 0.1) is 17.8 Å². The van der Waals surface area contributed by atoms with Gasteiger partial charge in [-0.05, 0) is 43.6 Å². The number of carbonyl (C=O) groups excluding carboxylic acids is 2. The molecule has 1 aliphatic carbocycles. The number of aryl methyl sites for hydroxylation is 1. The zero-order valence-corrected chi connectivity index (χ0v) is 16.3. The smallest absolute Gasteiger partial charge is 0.226 e. The van der Waals surface area contributed by atoms with Gasteiger partial charge < -0.3 is 9.80 Å². The van der Waals surface area contributed by atoms with Crippen molar-refractivity contribution in [3.63, 3.8) is 0 Å². The molecule has 2 amide bonds. The van der Waals surface area contributed by atoms with E-state index in [0.717, 1.165) is 12.0 Å². The molecule has 2 aliphatic rings. The predicted octanol–water partition coefficient (Wildman–Crippen LogP) is 2.47. The van der Waals surface area contributed by atoms with Crippen LogP contribution in [0.5, 0.6) is 0 Å². The first-order valence-corrected chi connectivity index (χ1v) is 10.0. The number of rotatable bonds is 5. The molecule has 3 rings (SSSR count). The first-order valence-electron chi connectivity index (χ1n) is 10.0. The fraction of sp³-hybridized carbons (Fsp3) is 0.750. The van der Waals surface area contributed by atoms with Crippen molar-refractivity contribution in [1.29, 1.82) is 0 Å². The molecular weight excluding hydrogens is 328 g/mol. The Morgan fingerprint density at radius 3 is 2.77 bits per heavy atom. The fourth-order valence-electron chi connectivity index (χ4n) is 4.64. The number of nitrogens with zero attached hydrogens (tertiary/aromatic N) is 3. The highest BCUT2D eigenvalue weighted by molar-refractivity contribution is 5.81. The van der Waals surface area contributed by atoms with Gasteiger partial charge in [-0.1, -0.05) is 20.3 Å². The van der Waals surface area contributed by atoms with Crippen molar-refractivity contribution in [1.82, 2.24) is 20.0 Å². The molecule has 1 saturated carbocycles. The van der Waals surface area contributed by atoms with E-state index in [2.05, 4.69) is 31.0 Å². The molecule has 1 saturated heterocycles. The number of nitrogens with one attached hydrogen (secondary N) is 1. The number of hydrogen-bond donors (Lipinski definition) is 1. The van der Waals surface area contributed by atoms with Gasteiger partial charge in [-0.15, -0.1) is 0 Å². The Hall–Kier alpha value is -1.85. The van der Waals surface area contributed by atoms with Crippen molar-refractivity contribution in [2.45, 2.75) is 58.9 Å². The summed E-state index contributed by atoms with van der Waals surface area (Å²) in [5.74, 6) is 1.75. The Morgan fingerprint density at radius 2 is 2.12 bits per heavy atom. The zero-order valence-electron chi connectivity index (χ0n) is 16.3. The molecule has 1 aromatic heterocycles. The SMILES string of the molecule is CC(C)[C@@H]1CCC[C@H]1C(=O)N1CCN(C(=O)CCc2cn[nH]c2)C[C@@H]1C. The molecule has 0 bridgehead atoms. The van der Waals surface area contributed by atoms with Gasteiger partial charge in [0.15, 0.2) is 0 Å². The number of aromatic nitrogens is 2. The molecule has 0 unspecified atom stereocenters. The maximum absolute atomic E-state index is 13.1. The van der Waals surface area contributed by atoms with E-state index in [1.807, 2.05) is 16.0 Å². The van der Waals surface area contributed by atoms with Crippen molar-refractivity contribution in [3.05, 3.63) is 18.0 Å². The predicted molar refractivity (Wildman–Crippen MR) is 100 cm³/mol. The lowest BCUT2D eigenvalue weighted by Gasteiger charge is -2.42. The average Bonchev–Trinajstić information content (AvgIpc) is 3.30. The van der Waals surface area contributed by atoms with Crippen LogP contribution < -0.4 is 0 Å². The van der Waals surface area contributed by atoms with E-state index in [0.29, 0.717) is 50.2 Å². The Balaban J connectivity index is 1.53. The Labute approximate surface area is 156 Å². The van der Waals surface area contributed by atoms with Gasteiger partial charge in [0.1, 0.15) is 0 Å². The van der Waals surface area contributed by atoms with Gasteiger partial charge >= 0.3 is 0 Å². The molecule has 1 aromatic rings. The third kappa shape index (κ3) is 4.10. The van der Waals surface area contributed by atoms with Crippen LogP contribution in [0.1, 0.15) is 52.0 Å².